The van der Waals surface area contributed by atoms with Gasteiger partial charge >= 0.3 is 11.9 Å². The molecule has 1 rings (SSSR count). The van der Waals surface area contributed by atoms with Crippen LogP contribution in [0.5, 0.6) is 0 Å². The zero-order chi connectivity index (χ0) is 21.0. The predicted octanol–water partition coefficient (Wildman–Crippen LogP) is 3.46. The highest BCUT2D eigenvalue weighted by Gasteiger charge is 2.52. The van der Waals surface area contributed by atoms with E-state index in [0.29, 0.717) is 32.1 Å². The van der Waals surface area contributed by atoms with Gasteiger partial charge in [0.1, 0.15) is 0 Å². The van der Waals surface area contributed by atoms with Crippen molar-refractivity contribution in [2.24, 2.45) is 0 Å². The van der Waals surface area contributed by atoms with Crippen molar-refractivity contribution in [1.29, 1.82) is 0 Å². The lowest BCUT2D eigenvalue weighted by Crippen LogP contribution is -2.36. The summed E-state index contributed by atoms with van der Waals surface area (Å²) in [4.78, 5) is 24.2. The zero-order valence-electron chi connectivity index (χ0n) is 16.8. The first-order valence-electron chi connectivity index (χ1n) is 9.89. The first-order valence-corrected chi connectivity index (χ1v) is 9.89. The summed E-state index contributed by atoms with van der Waals surface area (Å²) in [6, 6.07) is -0.714. The lowest BCUT2D eigenvalue weighted by molar-refractivity contribution is -0.148. The summed E-state index contributed by atoms with van der Waals surface area (Å²) in [5.74, 6) is 1.05. The number of esters is 1. The number of methoxy groups -OCH3 is 1. The number of hydrogen-bond acceptors (Lipinski definition) is 4. The molecule has 1 fully saturated rings. The SMILES string of the molecule is CCC#CCCC(O)C=CC1CC(F)(F)C(=O)N1CCCCCCC(=O)OC. The molecule has 1 heterocycles. The smallest absolute Gasteiger partial charge is 0.327 e. The van der Waals surface area contributed by atoms with Crippen LogP contribution in [0.3, 0.4) is 0 Å². The van der Waals surface area contributed by atoms with E-state index in [4.69, 9.17) is 0 Å². The van der Waals surface area contributed by atoms with Gasteiger partial charge in [0.15, 0.2) is 0 Å². The van der Waals surface area contributed by atoms with Crippen molar-refractivity contribution in [2.45, 2.75) is 82.8 Å². The van der Waals surface area contributed by atoms with Crippen LogP contribution in [0.2, 0.25) is 0 Å². The molecule has 0 radical (unpaired) electrons. The number of aliphatic hydroxyl groups is 1. The largest absolute Gasteiger partial charge is 0.469 e. The van der Waals surface area contributed by atoms with E-state index < -0.39 is 30.4 Å². The lowest BCUT2D eigenvalue weighted by Gasteiger charge is -2.22. The maximum atomic E-state index is 13.9. The number of hydrogen-bond donors (Lipinski definition) is 1. The Balaban J connectivity index is 2.48. The van der Waals surface area contributed by atoms with Crippen molar-refractivity contribution in [1.82, 2.24) is 4.90 Å². The van der Waals surface area contributed by atoms with Crippen molar-refractivity contribution < 1.29 is 28.2 Å². The van der Waals surface area contributed by atoms with Crippen molar-refractivity contribution in [2.75, 3.05) is 13.7 Å². The number of rotatable bonds is 11. The van der Waals surface area contributed by atoms with Crippen LogP contribution in [-0.2, 0) is 14.3 Å². The Morgan fingerprint density at radius 3 is 2.75 bits per heavy atom. The van der Waals surface area contributed by atoms with E-state index in [1.807, 2.05) is 6.92 Å². The highest BCUT2D eigenvalue weighted by atomic mass is 19.3. The quantitative estimate of drug-likeness (QED) is 0.250. The predicted molar refractivity (Wildman–Crippen MR) is 103 cm³/mol. The molecule has 1 N–H and O–H groups in total. The number of carbonyl (C=O) groups excluding carboxylic acids is 2. The van der Waals surface area contributed by atoms with Gasteiger partial charge in [0.25, 0.3) is 5.91 Å². The molecule has 1 amide bonds. The minimum absolute atomic E-state index is 0.236. The third-order valence-corrected chi connectivity index (χ3v) is 4.62. The number of nitrogens with zero attached hydrogens (tertiary/aromatic N) is 1. The maximum Gasteiger partial charge on any atom is 0.327 e. The van der Waals surface area contributed by atoms with Gasteiger partial charge in [-0.2, -0.15) is 8.78 Å². The fourth-order valence-corrected chi connectivity index (χ4v) is 3.05. The number of amides is 1. The molecule has 2 unspecified atom stereocenters. The Morgan fingerprint density at radius 1 is 1.36 bits per heavy atom. The fraction of sp³-hybridized carbons (Fsp3) is 0.714. The van der Waals surface area contributed by atoms with Crippen molar-refractivity contribution in [3.8, 4) is 11.8 Å². The number of halogens is 2. The highest BCUT2D eigenvalue weighted by molar-refractivity contribution is 5.86. The van der Waals surface area contributed by atoms with Crippen molar-refractivity contribution in [3.63, 3.8) is 0 Å². The molecule has 1 saturated heterocycles. The normalized spacial score (nSPS) is 19.5. The van der Waals surface area contributed by atoms with Crippen LogP contribution in [0.4, 0.5) is 8.78 Å². The van der Waals surface area contributed by atoms with Gasteiger partial charge in [-0.05, 0) is 19.3 Å². The van der Waals surface area contributed by atoms with Crippen LogP contribution in [-0.4, -0.2) is 53.6 Å². The third kappa shape index (κ3) is 8.39. The Labute approximate surface area is 166 Å². The summed E-state index contributed by atoms with van der Waals surface area (Å²) in [7, 11) is 1.34. The van der Waals surface area contributed by atoms with E-state index in [0.717, 1.165) is 19.3 Å². The summed E-state index contributed by atoms with van der Waals surface area (Å²) >= 11 is 0. The average Bonchev–Trinajstić information content (AvgIpc) is 2.88. The molecule has 0 aromatic rings. The summed E-state index contributed by atoms with van der Waals surface area (Å²) in [6.45, 7) is 2.17. The van der Waals surface area contributed by atoms with Gasteiger partial charge in [-0.25, -0.2) is 0 Å². The molecule has 0 aromatic carbocycles. The zero-order valence-corrected chi connectivity index (χ0v) is 16.8. The second-order valence-corrected chi connectivity index (χ2v) is 6.91. The summed E-state index contributed by atoms with van der Waals surface area (Å²) < 4.78 is 32.3. The molecule has 7 heteroatoms. The molecule has 0 aromatic heterocycles. The van der Waals surface area contributed by atoms with Gasteiger partial charge in [-0.15, -0.1) is 11.8 Å². The highest BCUT2D eigenvalue weighted by Crippen LogP contribution is 2.34. The number of ether oxygens (including phenoxy) is 1. The monoisotopic (exact) mass is 399 g/mol. The molecule has 0 saturated carbocycles. The Bertz CT molecular complexity index is 595. The maximum absolute atomic E-state index is 13.9. The molecule has 5 nitrogen and oxygen atoms in total. The van der Waals surface area contributed by atoms with E-state index >= 15 is 0 Å². The van der Waals surface area contributed by atoms with Crippen LogP contribution in [0.25, 0.3) is 0 Å². The Morgan fingerprint density at radius 2 is 2.07 bits per heavy atom. The van der Waals surface area contributed by atoms with Crippen LogP contribution in [0, 0.1) is 11.8 Å². The van der Waals surface area contributed by atoms with Gasteiger partial charge < -0.3 is 14.7 Å². The Hall–Kier alpha value is -1.94. The van der Waals surface area contributed by atoms with Gasteiger partial charge in [0.2, 0.25) is 0 Å². The number of aliphatic hydroxyl groups excluding tert-OH is 1. The van der Waals surface area contributed by atoms with E-state index in [1.54, 1.807) is 0 Å². The van der Waals surface area contributed by atoms with Gasteiger partial charge in [0, 0.05) is 32.2 Å². The molecule has 2 atom stereocenters. The molecule has 0 spiro atoms. The molecular formula is C21H31F2NO4. The van der Waals surface area contributed by atoms with Crippen LogP contribution in [0.15, 0.2) is 12.2 Å². The van der Waals surface area contributed by atoms with E-state index in [2.05, 4.69) is 16.6 Å². The number of alkyl halides is 2. The first-order chi connectivity index (χ1) is 13.3. The topological polar surface area (TPSA) is 66.8 Å². The van der Waals surface area contributed by atoms with E-state index in [1.165, 1.54) is 24.2 Å². The summed E-state index contributed by atoms with van der Waals surface area (Å²) in [5, 5.41) is 9.95. The van der Waals surface area contributed by atoms with Crippen LogP contribution in [0.1, 0.15) is 64.7 Å². The minimum atomic E-state index is -3.36. The second-order valence-electron chi connectivity index (χ2n) is 6.91. The summed E-state index contributed by atoms with van der Waals surface area (Å²) in [5.41, 5.74) is 0. The molecule has 0 aliphatic carbocycles. The number of carbonyl (C=O) groups is 2. The van der Waals surface area contributed by atoms with Gasteiger partial charge in [-0.1, -0.05) is 31.9 Å². The minimum Gasteiger partial charge on any atom is -0.469 e. The molecule has 28 heavy (non-hydrogen) atoms. The Kier molecular flexibility index (Phi) is 10.8. The summed E-state index contributed by atoms with van der Waals surface area (Å²) in [6.07, 6.45) is 6.48. The molecular weight excluding hydrogens is 368 g/mol. The van der Waals surface area contributed by atoms with Crippen LogP contribution < -0.4 is 0 Å². The van der Waals surface area contributed by atoms with E-state index in [-0.39, 0.29) is 12.5 Å². The fourth-order valence-electron chi connectivity index (χ4n) is 3.05. The third-order valence-electron chi connectivity index (χ3n) is 4.62. The number of likely N-dealkylation sites (tertiary alicyclic amines) is 1. The van der Waals surface area contributed by atoms with Gasteiger partial charge in [-0.3, -0.25) is 9.59 Å². The molecule has 1 aliphatic rings. The van der Waals surface area contributed by atoms with E-state index in [9.17, 15) is 23.5 Å². The molecule has 0 bridgehead atoms. The average molecular weight is 399 g/mol. The first kappa shape index (κ1) is 24.1. The van der Waals surface area contributed by atoms with Crippen molar-refractivity contribution in [3.05, 3.63) is 12.2 Å². The van der Waals surface area contributed by atoms with Crippen LogP contribution >= 0.6 is 0 Å². The molecule has 158 valence electrons. The standard InChI is InChI=1S/C21H31F2NO4/c1-3-4-5-8-11-18(25)14-13-17-16-21(22,23)20(27)24(17)15-10-7-6-9-12-19(26)28-2/h13-14,17-18,25H,3,6-12,15-16H2,1-2H3. The number of unbranched alkanes of at least 4 members (excludes halogenated alkanes) is 3. The molecule has 1 aliphatic heterocycles. The van der Waals surface area contributed by atoms with Gasteiger partial charge in [0.05, 0.1) is 19.3 Å². The van der Waals surface area contributed by atoms with Crippen molar-refractivity contribution >= 4 is 11.9 Å². The second kappa shape index (κ2) is 12.5. The lowest BCUT2D eigenvalue weighted by atomic mass is 10.1.